The van der Waals surface area contributed by atoms with E-state index < -0.39 is 17.9 Å². The van der Waals surface area contributed by atoms with Crippen LogP contribution < -0.4 is 10.2 Å². The predicted molar refractivity (Wildman–Crippen MR) is 196 cm³/mol. The van der Waals surface area contributed by atoms with Crippen molar-refractivity contribution in [2.75, 3.05) is 31.1 Å². The lowest BCUT2D eigenvalue weighted by molar-refractivity contribution is -0.153. The second-order valence-electron chi connectivity index (χ2n) is 14.5. The molecule has 0 bridgehead atoms. The number of rotatable bonds is 11. The van der Waals surface area contributed by atoms with E-state index in [-0.39, 0.29) is 36.7 Å². The molecule has 2 amide bonds. The summed E-state index contributed by atoms with van der Waals surface area (Å²) in [6.45, 7) is 10.6. The number of hydrogen-bond donors (Lipinski definition) is 2. The van der Waals surface area contributed by atoms with Crippen molar-refractivity contribution < 1.29 is 19.5 Å². The van der Waals surface area contributed by atoms with Crippen molar-refractivity contribution in [3.63, 3.8) is 0 Å². The van der Waals surface area contributed by atoms with E-state index in [1.165, 1.54) is 21.8 Å². The average Bonchev–Trinajstić information content (AvgIpc) is 3.60. The van der Waals surface area contributed by atoms with Crippen LogP contribution in [-0.2, 0) is 27.8 Å². The maximum absolute atomic E-state index is 13.5. The van der Waals surface area contributed by atoms with E-state index >= 15 is 0 Å². The van der Waals surface area contributed by atoms with Gasteiger partial charge in [0.1, 0.15) is 6.04 Å². The molecule has 0 aliphatic carbocycles. The third kappa shape index (κ3) is 8.21. The van der Waals surface area contributed by atoms with Crippen molar-refractivity contribution in [2.45, 2.75) is 77.2 Å². The number of pyridine rings is 1. The zero-order valence-electron chi connectivity index (χ0n) is 29.3. The van der Waals surface area contributed by atoms with Gasteiger partial charge in [-0.3, -0.25) is 19.4 Å². The number of aryl methyl sites for hydroxylation is 1. The number of carboxylic acids is 1. The maximum Gasteiger partial charge on any atom is 0.310 e. The number of nitrogens with one attached hydrogen (secondary N) is 1. The number of carbonyl (C=O) groups is 3. The van der Waals surface area contributed by atoms with Gasteiger partial charge in [-0.05, 0) is 59.9 Å². The van der Waals surface area contributed by atoms with E-state index in [2.05, 4.69) is 71.2 Å². The largest absolute Gasteiger partial charge is 0.481 e. The Bertz CT molecular complexity index is 1790. The van der Waals surface area contributed by atoms with Crippen LogP contribution in [-0.4, -0.2) is 75.0 Å². The van der Waals surface area contributed by atoms with Gasteiger partial charge >= 0.3 is 5.97 Å². The molecule has 0 saturated carbocycles. The van der Waals surface area contributed by atoms with E-state index in [1.807, 2.05) is 42.7 Å². The summed E-state index contributed by atoms with van der Waals surface area (Å²) in [6.07, 6.45) is 10.3. The van der Waals surface area contributed by atoms with Gasteiger partial charge in [0, 0.05) is 54.9 Å². The summed E-state index contributed by atoms with van der Waals surface area (Å²) in [5.74, 6) is -0.961. The number of anilines is 1. The minimum absolute atomic E-state index is 0.0930. The van der Waals surface area contributed by atoms with Gasteiger partial charge in [-0.15, -0.1) is 11.3 Å². The van der Waals surface area contributed by atoms with Crippen molar-refractivity contribution in [1.82, 2.24) is 25.2 Å². The monoisotopic (exact) mass is 694 g/mol. The van der Waals surface area contributed by atoms with Crippen LogP contribution in [0.4, 0.5) is 5.69 Å². The van der Waals surface area contributed by atoms with Gasteiger partial charge in [-0.2, -0.15) is 0 Å². The highest BCUT2D eigenvalue weighted by molar-refractivity contribution is 7.14. The lowest BCUT2D eigenvalue weighted by Crippen LogP contribution is -2.59. The Morgan fingerprint density at radius 2 is 1.64 bits per heavy atom. The Kier molecular flexibility index (Phi) is 10.6. The Hall–Kier alpha value is -4.64. The summed E-state index contributed by atoms with van der Waals surface area (Å²) in [7, 11) is 0. The van der Waals surface area contributed by atoms with Crippen LogP contribution in [0.1, 0.15) is 84.2 Å². The lowest BCUT2D eigenvalue weighted by atomic mass is 9.90. The fourth-order valence-corrected chi connectivity index (χ4v) is 7.51. The molecule has 262 valence electrons. The molecule has 1 atom stereocenters. The number of aromatic nitrogens is 3. The van der Waals surface area contributed by atoms with Crippen LogP contribution in [0.15, 0.2) is 67.1 Å². The number of carboxylic acid groups (broad SMARTS) is 1. The third-order valence-electron chi connectivity index (χ3n) is 9.69. The number of carbonyl (C=O) groups excluding carboxylic acids is 2. The SMILES string of the molecule is CCCc1ccc(C2CCN(c3cnc(-c4ccc(C[C@H](NC(=O)c5ccc(C(C)(C)C)s5)C(=O)N5CC(C(=O)O)C5)cc4)nc3)CC2)cn1. The van der Waals surface area contributed by atoms with E-state index in [0.29, 0.717) is 16.6 Å². The number of likely N-dealkylation sites (tertiary alicyclic amines) is 1. The minimum Gasteiger partial charge on any atom is -0.481 e. The number of benzene rings is 1. The van der Waals surface area contributed by atoms with Crippen LogP contribution in [0.2, 0.25) is 0 Å². The topological polar surface area (TPSA) is 129 Å². The van der Waals surface area contributed by atoms with Crippen molar-refractivity contribution in [3.05, 3.63) is 93.7 Å². The molecule has 0 spiro atoms. The summed E-state index contributed by atoms with van der Waals surface area (Å²) in [4.78, 5) is 57.6. The first kappa shape index (κ1) is 35.2. The molecule has 2 saturated heterocycles. The van der Waals surface area contributed by atoms with Crippen LogP contribution in [0.3, 0.4) is 0 Å². The average molecular weight is 695 g/mol. The molecule has 2 aliphatic heterocycles. The lowest BCUT2D eigenvalue weighted by Gasteiger charge is -2.38. The van der Waals surface area contributed by atoms with E-state index in [0.717, 1.165) is 66.2 Å². The predicted octanol–water partition coefficient (Wildman–Crippen LogP) is 6.12. The molecule has 1 aromatic carbocycles. The molecular formula is C39H46N6O4S. The number of thiophene rings is 1. The number of piperidine rings is 1. The summed E-state index contributed by atoms with van der Waals surface area (Å²) in [5.41, 5.74) is 5.11. The highest BCUT2D eigenvalue weighted by Crippen LogP contribution is 2.31. The molecule has 2 aliphatic rings. The van der Waals surface area contributed by atoms with Crippen LogP contribution >= 0.6 is 11.3 Å². The summed E-state index contributed by atoms with van der Waals surface area (Å²) in [5, 5.41) is 12.3. The fourth-order valence-electron chi connectivity index (χ4n) is 6.54. The Morgan fingerprint density at radius 3 is 2.22 bits per heavy atom. The molecule has 3 aromatic heterocycles. The number of amides is 2. The second-order valence-corrected chi connectivity index (χ2v) is 15.6. The molecule has 11 heteroatoms. The van der Waals surface area contributed by atoms with Gasteiger partial charge < -0.3 is 20.2 Å². The van der Waals surface area contributed by atoms with E-state index in [9.17, 15) is 19.5 Å². The first-order valence-electron chi connectivity index (χ1n) is 17.5. The highest BCUT2D eigenvalue weighted by atomic mass is 32.1. The summed E-state index contributed by atoms with van der Waals surface area (Å²) < 4.78 is 0. The molecule has 0 unspecified atom stereocenters. The number of nitrogens with zero attached hydrogens (tertiary/aromatic N) is 5. The molecule has 0 radical (unpaired) electrons. The first-order chi connectivity index (χ1) is 24.0. The first-order valence-corrected chi connectivity index (χ1v) is 18.3. The van der Waals surface area contributed by atoms with Gasteiger partial charge in [0.05, 0.1) is 28.9 Å². The zero-order valence-corrected chi connectivity index (χ0v) is 30.1. The normalized spacial score (nSPS) is 16.2. The van der Waals surface area contributed by atoms with Gasteiger partial charge in [0.15, 0.2) is 5.82 Å². The zero-order chi connectivity index (χ0) is 35.4. The molecule has 2 fully saturated rings. The standard InChI is InChI=1S/C39H46N6O4S/c1-5-6-30-12-11-28(20-40-30)26-15-17-44(18-16-26)31-21-41-35(42-22-31)27-9-7-25(8-10-27)19-32(37(47)45-23-29(24-45)38(48)49)43-36(46)33-13-14-34(50-33)39(2,3)4/h7-14,20-22,26,29,32H,5-6,15-19,23-24H2,1-4H3,(H,43,46)(H,48,49)/t32-/m0/s1. The minimum atomic E-state index is -0.917. The molecule has 5 heterocycles. The van der Waals surface area contributed by atoms with Crippen LogP contribution in [0.5, 0.6) is 0 Å². The van der Waals surface area contributed by atoms with Gasteiger partial charge in [-0.25, -0.2) is 9.97 Å². The molecule has 6 rings (SSSR count). The fraction of sp³-hybridized carbons (Fsp3) is 0.436. The highest BCUT2D eigenvalue weighted by Gasteiger charge is 2.39. The Balaban J connectivity index is 1.08. The third-order valence-corrected chi connectivity index (χ3v) is 11.2. The second kappa shape index (κ2) is 15.1. The maximum atomic E-state index is 13.5. The van der Waals surface area contributed by atoms with Crippen LogP contribution in [0, 0.1) is 5.92 Å². The summed E-state index contributed by atoms with van der Waals surface area (Å²) >= 11 is 1.42. The van der Waals surface area contributed by atoms with E-state index in [1.54, 1.807) is 6.07 Å². The molecule has 50 heavy (non-hydrogen) atoms. The van der Waals surface area contributed by atoms with E-state index in [4.69, 9.17) is 0 Å². The van der Waals surface area contributed by atoms with Gasteiger partial charge in [0.25, 0.3) is 5.91 Å². The molecule has 2 N–H and O–H groups in total. The van der Waals surface area contributed by atoms with Gasteiger partial charge in [0.2, 0.25) is 5.91 Å². The molecule has 10 nitrogen and oxygen atoms in total. The molecule has 4 aromatic rings. The number of hydrogen-bond acceptors (Lipinski definition) is 8. The summed E-state index contributed by atoms with van der Waals surface area (Å²) in [6, 6.07) is 15.0. The molecular weight excluding hydrogens is 649 g/mol. The Labute approximate surface area is 298 Å². The van der Waals surface area contributed by atoms with Crippen molar-refractivity contribution in [2.24, 2.45) is 5.92 Å². The van der Waals surface area contributed by atoms with Gasteiger partial charge in [-0.1, -0.05) is 64.4 Å². The van der Waals surface area contributed by atoms with Crippen LogP contribution in [0.25, 0.3) is 11.4 Å². The van der Waals surface area contributed by atoms with Crippen molar-refractivity contribution in [3.8, 4) is 11.4 Å². The van der Waals surface area contributed by atoms with Crippen molar-refractivity contribution >= 4 is 34.8 Å². The Morgan fingerprint density at radius 1 is 0.940 bits per heavy atom. The van der Waals surface area contributed by atoms with Crippen molar-refractivity contribution in [1.29, 1.82) is 0 Å². The smallest absolute Gasteiger partial charge is 0.310 e. The quantitative estimate of drug-likeness (QED) is 0.192. The number of aliphatic carboxylic acids is 1.